The Kier molecular flexibility index (Phi) is 4.67. The van der Waals surface area contributed by atoms with Crippen molar-refractivity contribution in [2.24, 2.45) is 5.92 Å². The van der Waals surface area contributed by atoms with Crippen molar-refractivity contribution in [2.45, 2.75) is 12.8 Å². The van der Waals surface area contributed by atoms with Crippen molar-refractivity contribution in [3.63, 3.8) is 0 Å². The Morgan fingerprint density at radius 1 is 1.47 bits per heavy atom. The van der Waals surface area contributed by atoms with Gasteiger partial charge in [-0.2, -0.15) is 0 Å². The highest BCUT2D eigenvalue weighted by Gasteiger charge is 2.21. The predicted octanol–water partition coefficient (Wildman–Crippen LogP) is 2.99. The van der Waals surface area contributed by atoms with Gasteiger partial charge in [0, 0.05) is 20.3 Å². The number of rotatable bonds is 5. The third-order valence-corrected chi connectivity index (χ3v) is 4.09. The lowest BCUT2D eigenvalue weighted by molar-refractivity contribution is -0.119. The maximum Gasteiger partial charge on any atom is 0.239 e. The SMILES string of the molecule is O=C(CNc1cc(Br)ccc1I)NCC1CC1. The molecule has 0 heterocycles. The van der Waals surface area contributed by atoms with Gasteiger partial charge >= 0.3 is 0 Å². The van der Waals surface area contributed by atoms with E-state index in [9.17, 15) is 4.79 Å². The lowest BCUT2D eigenvalue weighted by Gasteiger charge is -2.09. The van der Waals surface area contributed by atoms with Crippen molar-refractivity contribution >= 4 is 50.1 Å². The van der Waals surface area contributed by atoms with Crippen LogP contribution in [0.3, 0.4) is 0 Å². The van der Waals surface area contributed by atoms with Crippen molar-refractivity contribution in [1.82, 2.24) is 5.32 Å². The highest BCUT2D eigenvalue weighted by molar-refractivity contribution is 14.1. The van der Waals surface area contributed by atoms with E-state index >= 15 is 0 Å². The van der Waals surface area contributed by atoms with Gasteiger partial charge in [0.1, 0.15) is 0 Å². The zero-order valence-electron chi connectivity index (χ0n) is 9.30. The minimum absolute atomic E-state index is 0.0627. The highest BCUT2D eigenvalue weighted by atomic mass is 127. The van der Waals surface area contributed by atoms with Crippen LogP contribution >= 0.6 is 38.5 Å². The first-order valence-corrected chi connectivity index (χ1v) is 7.48. The molecule has 1 aromatic carbocycles. The molecule has 0 saturated heterocycles. The number of halogens is 2. The molecule has 1 aliphatic carbocycles. The van der Waals surface area contributed by atoms with Gasteiger partial charge in [0.2, 0.25) is 5.91 Å². The molecular weight excluding hydrogens is 395 g/mol. The summed E-state index contributed by atoms with van der Waals surface area (Å²) >= 11 is 5.67. The van der Waals surface area contributed by atoms with Crippen LogP contribution in [0.5, 0.6) is 0 Å². The average molecular weight is 409 g/mol. The fourth-order valence-corrected chi connectivity index (χ4v) is 2.34. The van der Waals surface area contributed by atoms with Crippen LogP contribution in [0, 0.1) is 9.49 Å². The largest absolute Gasteiger partial charge is 0.375 e. The molecular formula is C12H14BrIN2O. The first-order chi connectivity index (χ1) is 8.15. The summed E-state index contributed by atoms with van der Waals surface area (Å²) in [6.07, 6.45) is 2.52. The maximum absolute atomic E-state index is 11.6. The predicted molar refractivity (Wildman–Crippen MR) is 81.1 cm³/mol. The number of nitrogens with one attached hydrogen (secondary N) is 2. The molecule has 2 rings (SSSR count). The fraction of sp³-hybridized carbons (Fsp3) is 0.417. The molecule has 1 amide bonds. The van der Waals surface area contributed by atoms with Crippen LogP contribution in [-0.4, -0.2) is 19.0 Å². The Balaban J connectivity index is 1.79. The van der Waals surface area contributed by atoms with E-state index in [4.69, 9.17) is 0 Å². The molecule has 2 N–H and O–H groups in total. The van der Waals surface area contributed by atoms with E-state index in [1.165, 1.54) is 12.8 Å². The molecule has 0 aromatic heterocycles. The quantitative estimate of drug-likeness (QED) is 0.735. The molecule has 1 aromatic rings. The molecule has 1 saturated carbocycles. The molecule has 17 heavy (non-hydrogen) atoms. The smallest absolute Gasteiger partial charge is 0.239 e. The van der Waals surface area contributed by atoms with Gasteiger partial charge in [-0.05, 0) is 59.5 Å². The lowest BCUT2D eigenvalue weighted by atomic mass is 10.3. The molecule has 0 radical (unpaired) electrons. The zero-order chi connectivity index (χ0) is 12.3. The summed E-state index contributed by atoms with van der Waals surface area (Å²) in [6, 6.07) is 5.98. The van der Waals surface area contributed by atoms with E-state index in [0.29, 0.717) is 6.54 Å². The molecule has 0 aliphatic heterocycles. The highest BCUT2D eigenvalue weighted by Crippen LogP contribution is 2.27. The first kappa shape index (κ1) is 13.1. The third-order valence-electron chi connectivity index (χ3n) is 2.65. The number of hydrogen-bond donors (Lipinski definition) is 2. The Morgan fingerprint density at radius 2 is 2.24 bits per heavy atom. The maximum atomic E-state index is 11.6. The van der Waals surface area contributed by atoms with Crippen LogP contribution < -0.4 is 10.6 Å². The lowest BCUT2D eigenvalue weighted by Crippen LogP contribution is -2.31. The van der Waals surface area contributed by atoms with Crippen LogP contribution in [0.15, 0.2) is 22.7 Å². The van der Waals surface area contributed by atoms with Gasteiger partial charge in [-0.1, -0.05) is 15.9 Å². The average Bonchev–Trinajstić information content (AvgIpc) is 3.11. The van der Waals surface area contributed by atoms with Gasteiger partial charge in [-0.25, -0.2) is 0 Å². The van der Waals surface area contributed by atoms with Crippen LogP contribution in [0.1, 0.15) is 12.8 Å². The summed E-state index contributed by atoms with van der Waals surface area (Å²) in [6.45, 7) is 1.16. The Morgan fingerprint density at radius 3 is 2.94 bits per heavy atom. The van der Waals surface area contributed by atoms with Gasteiger partial charge < -0.3 is 10.6 Å². The van der Waals surface area contributed by atoms with Crippen molar-refractivity contribution in [2.75, 3.05) is 18.4 Å². The van der Waals surface area contributed by atoms with Gasteiger partial charge in [0.25, 0.3) is 0 Å². The number of amides is 1. The van der Waals surface area contributed by atoms with E-state index in [2.05, 4.69) is 49.2 Å². The summed E-state index contributed by atoms with van der Waals surface area (Å²) in [7, 11) is 0. The molecule has 0 unspecified atom stereocenters. The van der Waals surface area contributed by atoms with Crippen LogP contribution in [0.4, 0.5) is 5.69 Å². The van der Waals surface area contributed by atoms with Crippen molar-refractivity contribution in [3.8, 4) is 0 Å². The number of carbonyl (C=O) groups is 1. The molecule has 0 spiro atoms. The summed E-state index contributed by atoms with van der Waals surface area (Å²) < 4.78 is 2.12. The summed E-state index contributed by atoms with van der Waals surface area (Å²) in [5.74, 6) is 0.789. The number of carbonyl (C=O) groups excluding carboxylic acids is 1. The number of hydrogen-bond acceptors (Lipinski definition) is 2. The van der Waals surface area contributed by atoms with Gasteiger partial charge in [0.05, 0.1) is 6.54 Å². The van der Waals surface area contributed by atoms with E-state index in [0.717, 1.165) is 26.2 Å². The van der Waals surface area contributed by atoms with E-state index in [1.54, 1.807) is 0 Å². The Labute approximate surface area is 123 Å². The monoisotopic (exact) mass is 408 g/mol. The second-order valence-electron chi connectivity index (χ2n) is 4.23. The second kappa shape index (κ2) is 6.04. The van der Waals surface area contributed by atoms with Gasteiger partial charge in [-0.15, -0.1) is 0 Å². The standard InChI is InChI=1S/C12H14BrIN2O/c13-9-3-4-10(14)11(5-9)15-7-12(17)16-6-8-1-2-8/h3-5,8,15H,1-2,6-7H2,(H,16,17). The van der Waals surface area contributed by atoms with Crippen molar-refractivity contribution < 1.29 is 4.79 Å². The topological polar surface area (TPSA) is 41.1 Å². The molecule has 1 fully saturated rings. The second-order valence-corrected chi connectivity index (χ2v) is 6.30. The molecule has 0 atom stereocenters. The minimum atomic E-state index is 0.0627. The minimum Gasteiger partial charge on any atom is -0.375 e. The fourth-order valence-electron chi connectivity index (χ4n) is 1.45. The summed E-state index contributed by atoms with van der Waals surface area (Å²) in [5, 5.41) is 6.08. The molecule has 92 valence electrons. The summed E-state index contributed by atoms with van der Waals surface area (Å²) in [4.78, 5) is 11.6. The van der Waals surface area contributed by atoms with Crippen LogP contribution in [0.25, 0.3) is 0 Å². The van der Waals surface area contributed by atoms with E-state index in [-0.39, 0.29) is 5.91 Å². The van der Waals surface area contributed by atoms with Crippen LogP contribution in [-0.2, 0) is 4.79 Å². The molecule has 1 aliphatic rings. The van der Waals surface area contributed by atoms with Crippen LogP contribution in [0.2, 0.25) is 0 Å². The van der Waals surface area contributed by atoms with Gasteiger partial charge in [0.15, 0.2) is 0 Å². The Hall–Kier alpha value is -0.300. The first-order valence-electron chi connectivity index (χ1n) is 5.61. The van der Waals surface area contributed by atoms with Crippen molar-refractivity contribution in [3.05, 3.63) is 26.2 Å². The number of anilines is 1. The molecule has 0 bridgehead atoms. The third kappa shape index (κ3) is 4.46. The molecule has 3 nitrogen and oxygen atoms in total. The Bertz CT molecular complexity index is 421. The zero-order valence-corrected chi connectivity index (χ0v) is 13.0. The summed E-state index contributed by atoms with van der Waals surface area (Å²) in [5.41, 5.74) is 0.988. The van der Waals surface area contributed by atoms with E-state index < -0.39 is 0 Å². The number of benzene rings is 1. The van der Waals surface area contributed by atoms with E-state index in [1.807, 2.05) is 18.2 Å². The molecule has 5 heteroatoms. The van der Waals surface area contributed by atoms with Gasteiger partial charge in [-0.3, -0.25) is 4.79 Å². The van der Waals surface area contributed by atoms with Crippen molar-refractivity contribution in [1.29, 1.82) is 0 Å². The normalized spacial score (nSPS) is 14.5.